The minimum Gasteiger partial charge on any atom is -0.497 e. The van der Waals surface area contributed by atoms with Gasteiger partial charge in [-0.25, -0.2) is 0 Å². The number of carbonyl (C=O) groups is 1. The van der Waals surface area contributed by atoms with Crippen LogP contribution in [0.5, 0.6) is 5.75 Å². The molecule has 4 N–H and O–H groups in total. The Bertz CT molecular complexity index is 669. The Morgan fingerprint density at radius 1 is 1.12 bits per heavy atom. The van der Waals surface area contributed by atoms with Gasteiger partial charge in [0.15, 0.2) is 5.96 Å². The third-order valence-electron chi connectivity index (χ3n) is 3.30. The van der Waals surface area contributed by atoms with Crippen molar-refractivity contribution in [2.45, 2.75) is 6.42 Å². The van der Waals surface area contributed by atoms with E-state index in [4.69, 9.17) is 10.5 Å². The minimum atomic E-state index is -0.0797. The fourth-order valence-corrected chi connectivity index (χ4v) is 2.03. The molecule has 0 aliphatic heterocycles. The number of methoxy groups -OCH3 is 1. The van der Waals surface area contributed by atoms with Crippen LogP contribution in [-0.4, -0.2) is 32.1 Å². The maximum absolute atomic E-state index is 11.8. The van der Waals surface area contributed by atoms with Crippen LogP contribution in [0.1, 0.15) is 16.8 Å². The average molecular weight is 326 g/mol. The zero-order valence-corrected chi connectivity index (χ0v) is 13.7. The van der Waals surface area contributed by atoms with E-state index in [1.807, 2.05) is 42.5 Å². The highest BCUT2D eigenvalue weighted by molar-refractivity contribution is 5.94. The molecule has 0 aliphatic rings. The summed E-state index contributed by atoms with van der Waals surface area (Å²) in [6, 6.07) is 16.5. The van der Waals surface area contributed by atoms with Crippen LogP contribution in [0.15, 0.2) is 59.6 Å². The predicted molar refractivity (Wildman–Crippen MR) is 96.5 cm³/mol. The molecule has 0 aliphatic carbocycles. The van der Waals surface area contributed by atoms with E-state index in [1.54, 1.807) is 19.2 Å². The lowest BCUT2D eigenvalue weighted by atomic mass is 10.2. The molecule has 0 saturated carbocycles. The van der Waals surface area contributed by atoms with E-state index >= 15 is 0 Å². The van der Waals surface area contributed by atoms with Crippen molar-refractivity contribution in [3.8, 4) is 5.75 Å². The van der Waals surface area contributed by atoms with Gasteiger partial charge in [0.05, 0.1) is 7.11 Å². The lowest BCUT2D eigenvalue weighted by Gasteiger charge is -2.07. The first-order valence-corrected chi connectivity index (χ1v) is 7.73. The van der Waals surface area contributed by atoms with Crippen LogP contribution in [0.3, 0.4) is 0 Å². The van der Waals surface area contributed by atoms with Gasteiger partial charge in [0.2, 0.25) is 0 Å². The van der Waals surface area contributed by atoms with Gasteiger partial charge in [-0.05, 0) is 42.8 Å². The van der Waals surface area contributed by atoms with Crippen LogP contribution in [0.2, 0.25) is 0 Å². The first-order chi connectivity index (χ1) is 11.7. The summed E-state index contributed by atoms with van der Waals surface area (Å²) in [4.78, 5) is 16.1. The van der Waals surface area contributed by atoms with Gasteiger partial charge in [-0.2, -0.15) is 0 Å². The summed E-state index contributed by atoms with van der Waals surface area (Å²) in [6.45, 7) is 1.08. The smallest absolute Gasteiger partial charge is 0.251 e. The summed E-state index contributed by atoms with van der Waals surface area (Å²) < 4.78 is 5.09. The maximum Gasteiger partial charge on any atom is 0.251 e. The fourth-order valence-electron chi connectivity index (χ4n) is 2.03. The van der Waals surface area contributed by atoms with E-state index in [-0.39, 0.29) is 5.91 Å². The van der Waals surface area contributed by atoms with Gasteiger partial charge in [0.25, 0.3) is 5.91 Å². The molecule has 1 amide bonds. The molecule has 6 heteroatoms. The lowest BCUT2D eigenvalue weighted by molar-refractivity contribution is 0.0953. The van der Waals surface area contributed by atoms with Crippen LogP contribution >= 0.6 is 0 Å². The predicted octanol–water partition coefficient (Wildman–Crippen LogP) is 2.24. The third-order valence-corrected chi connectivity index (χ3v) is 3.30. The molecule has 0 radical (unpaired) electrons. The van der Waals surface area contributed by atoms with Gasteiger partial charge < -0.3 is 21.1 Å². The van der Waals surface area contributed by atoms with Crippen LogP contribution < -0.4 is 21.1 Å². The molecule has 0 saturated heterocycles. The monoisotopic (exact) mass is 326 g/mol. The van der Waals surface area contributed by atoms with E-state index < -0.39 is 0 Å². The van der Waals surface area contributed by atoms with E-state index in [2.05, 4.69) is 15.6 Å². The number of benzene rings is 2. The lowest BCUT2D eigenvalue weighted by Crippen LogP contribution is -2.26. The number of hydrogen-bond acceptors (Lipinski definition) is 3. The van der Waals surface area contributed by atoms with Gasteiger partial charge >= 0.3 is 0 Å². The highest BCUT2D eigenvalue weighted by atomic mass is 16.5. The molecule has 126 valence electrons. The van der Waals surface area contributed by atoms with E-state index in [0.29, 0.717) is 31.0 Å². The number of guanidine groups is 1. The number of ether oxygens (including phenoxy) is 1. The van der Waals surface area contributed by atoms with Crippen molar-refractivity contribution in [1.29, 1.82) is 0 Å². The zero-order valence-electron chi connectivity index (χ0n) is 13.7. The number of hydrogen-bond donors (Lipinski definition) is 3. The van der Waals surface area contributed by atoms with Crippen LogP contribution in [0.25, 0.3) is 0 Å². The maximum atomic E-state index is 11.8. The van der Waals surface area contributed by atoms with E-state index in [9.17, 15) is 4.79 Å². The summed E-state index contributed by atoms with van der Waals surface area (Å²) >= 11 is 0. The first kappa shape index (κ1) is 17.3. The molecule has 0 aromatic heterocycles. The number of carbonyl (C=O) groups excluding carboxylic acids is 1. The summed E-state index contributed by atoms with van der Waals surface area (Å²) in [5.41, 5.74) is 7.33. The SMILES string of the molecule is COc1ccc(NC(N)=NCCCNC(=O)c2ccccc2)cc1. The summed E-state index contributed by atoms with van der Waals surface area (Å²) in [6.07, 6.45) is 0.712. The Balaban J connectivity index is 1.68. The Hall–Kier alpha value is -3.02. The van der Waals surface area contributed by atoms with Crippen LogP contribution in [0.4, 0.5) is 5.69 Å². The van der Waals surface area contributed by atoms with Gasteiger partial charge in [0, 0.05) is 24.3 Å². The molecule has 0 unspecified atom stereocenters. The Morgan fingerprint density at radius 2 is 1.83 bits per heavy atom. The van der Waals surface area contributed by atoms with E-state index in [1.165, 1.54) is 0 Å². The fraction of sp³-hybridized carbons (Fsp3) is 0.222. The number of aliphatic imine (C=N–C) groups is 1. The molecule has 0 atom stereocenters. The normalized spacial score (nSPS) is 11.0. The molecular formula is C18H22N4O2. The molecular weight excluding hydrogens is 304 g/mol. The molecule has 2 rings (SSSR count). The van der Waals surface area contributed by atoms with Crippen molar-refractivity contribution in [1.82, 2.24) is 5.32 Å². The Labute approximate surface area is 141 Å². The summed E-state index contributed by atoms with van der Waals surface area (Å²) in [5.74, 6) is 1.05. The Kier molecular flexibility index (Phi) is 6.64. The quantitative estimate of drug-likeness (QED) is 0.413. The second-order valence-corrected chi connectivity index (χ2v) is 5.10. The zero-order chi connectivity index (χ0) is 17.2. The number of nitrogens with one attached hydrogen (secondary N) is 2. The summed E-state index contributed by atoms with van der Waals surface area (Å²) in [7, 11) is 1.62. The number of nitrogens with zero attached hydrogens (tertiary/aromatic N) is 1. The number of anilines is 1. The van der Waals surface area contributed by atoms with Gasteiger partial charge in [-0.1, -0.05) is 18.2 Å². The Morgan fingerprint density at radius 3 is 2.50 bits per heavy atom. The topological polar surface area (TPSA) is 88.7 Å². The second-order valence-electron chi connectivity index (χ2n) is 5.10. The molecule has 2 aromatic carbocycles. The first-order valence-electron chi connectivity index (χ1n) is 7.73. The van der Waals surface area contributed by atoms with Crippen molar-refractivity contribution in [2.24, 2.45) is 10.7 Å². The molecule has 0 heterocycles. The highest BCUT2D eigenvalue weighted by Gasteiger charge is 2.02. The molecule has 0 spiro atoms. The average Bonchev–Trinajstić information content (AvgIpc) is 2.62. The minimum absolute atomic E-state index is 0.0797. The molecule has 24 heavy (non-hydrogen) atoms. The number of nitrogens with two attached hydrogens (primary N) is 1. The molecule has 2 aromatic rings. The standard InChI is InChI=1S/C18H22N4O2/c1-24-16-10-8-15(9-11-16)22-18(19)21-13-5-12-20-17(23)14-6-3-2-4-7-14/h2-4,6-11H,5,12-13H2,1H3,(H,20,23)(H3,19,21,22). The van der Waals surface area contributed by atoms with Crippen molar-refractivity contribution >= 4 is 17.6 Å². The van der Waals surface area contributed by atoms with Crippen molar-refractivity contribution in [3.63, 3.8) is 0 Å². The van der Waals surface area contributed by atoms with E-state index in [0.717, 1.165) is 11.4 Å². The number of amides is 1. The molecule has 6 nitrogen and oxygen atoms in total. The highest BCUT2D eigenvalue weighted by Crippen LogP contribution is 2.14. The molecule has 0 fully saturated rings. The van der Waals surface area contributed by atoms with Gasteiger partial charge in [-0.3, -0.25) is 9.79 Å². The van der Waals surface area contributed by atoms with Crippen molar-refractivity contribution in [2.75, 3.05) is 25.5 Å². The van der Waals surface area contributed by atoms with Gasteiger partial charge in [-0.15, -0.1) is 0 Å². The van der Waals surface area contributed by atoms with Crippen molar-refractivity contribution in [3.05, 3.63) is 60.2 Å². The molecule has 0 bridgehead atoms. The number of rotatable bonds is 7. The van der Waals surface area contributed by atoms with Crippen molar-refractivity contribution < 1.29 is 9.53 Å². The van der Waals surface area contributed by atoms with Gasteiger partial charge in [0.1, 0.15) is 5.75 Å². The second kappa shape index (κ2) is 9.19. The largest absolute Gasteiger partial charge is 0.497 e. The third kappa shape index (κ3) is 5.64. The van der Waals surface area contributed by atoms with Crippen LogP contribution in [-0.2, 0) is 0 Å². The summed E-state index contributed by atoms with van der Waals surface area (Å²) in [5, 5.41) is 5.86. The van der Waals surface area contributed by atoms with Crippen LogP contribution in [0, 0.1) is 0 Å².